The topological polar surface area (TPSA) is 102 Å². The molecule has 0 spiro atoms. The number of esters is 1. The van der Waals surface area contributed by atoms with Gasteiger partial charge in [0.25, 0.3) is 10.0 Å². The molecule has 0 radical (unpaired) electrons. The Labute approximate surface area is 214 Å². The maximum absolute atomic E-state index is 13.7. The fourth-order valence-corrected chi connectivity index (χ4v) is 6.97. The van der Waals surface area contributed by atoms with Gasteiger partial charge in [-0.2, -0.15) is 0 Å². The summed E-state index contributed by atoms with van der Waals surface area (Å²) in [6.07, 6.45) is 3.53. The lowest BCUT2D eigenvalue weighted by atomic mass is 9.95. The zero-order chi connectivity index (χ0) is 25.9. The molecule has 4 rings (SSSR count). The van der Waals surface area contributed by atoms with Crippen LogP contribution in [-0.4, -0.2) is 41.1 Å². The number of methoxy groups -OCH3 is 2. The highest BCUT2D eigenvalue weighted by molar-refractivity contribution is 7.92. The average molecular weight is 529 g/mol. The van der Waals surface area contributed by atoms with Crippen LogP contribution in [0.4, 0.5) is 10.7 Å². The van der Waals surface area contributed by atoms with Crippen LogP contribution >= 0.6 is 11.3 Å². The number of nitrogens with one attached hydrogen (secondary N) is 1. The van der Waals surface area contributed by atoms with Gasteiger partial charge in [0.2, 0.25) is 5.91 Å². The number of thiophene rings is 1. The summed E-state index contributed by atoms with van der Waals surface area (Å²) < 4.78 is 38.8. The van der Waals surface area contributed by atoms with Crippen molar-refractivity contribution in [2.45, 2.75) is 37.5 Å². The van der Waals surface area contributed by atoms with Gasteiger partial charge in [0.1, 0.15) is 17.3 Å². The molecule has 0 saturated heterocycles. The van der Waals surface area contributed by atoms with Crippen molar-refractivity contribution in [1.29, 1.82) is 0 Å². The van der Waals surface area contributed by atoms with Crippen molar-refractivity contribution in [2.75, 3.05) is 30.4 Å². The number of sulfonamides is 1. The number of carbonyl (C=O) groups excluding carboxylic acids is 2. The highest BCUT2D eigenvalue weighted by atomic mass is 32.2. The highest BCUT2D eigenvalue weighted by Gasteiger charge is 2.31. The van der Waals surface area contributed by atoms with E-state index in [1.807, 2.05) is 6.92 Å². The fourth-order valence-electron chi connectivity index (χ4n) is 4.24. The van der Waals surface area contributed by atoms with Gasteiger partial charge in [0.05, 0.1) is 30.4 Å². The molecule has 36 heavy (non-hydrogen) atoms. The molecule has 1 aliphatic rings. The molecule has 10 heteroatoms. The minimum atomic E-state index is -4.12. The molecule has 190 valence electrons. The number of rotatable bonds is 8. The molecule has 1 amide bonds. The van der Waals surface area contributed by atoms with Crippen LogP contribution in [0, 0.1) is 6.92 Å². The van der Waals surface area contributed by atoms with Crippen LogP contribution < -0.4 is 14.4 Å². The Hall–Kier alpha value is -3.37. The predicted molar refractivity (Wildman–Crippen MR) is 140 cm³/mol. The number of ether oxygens (including phenoxy) is 2. The molecule has 0 unspecified atom stereocenters. The molecular formula is C26H28N2O6S2. The van der Waals surface area contributed by atoms with E-state index in [1.54, 1.807) is 36.4 Å². The lowest BCUT2D eigenvalue weighted by molar-refractivity contribution is -0.114. The summed E-state index contributed by atoms with van der Waals surface area (Å²) in [5.41, 5.74) is 2.40. The smallest absolute Gasteiger partial charge is 0.341 e. The van der Waals surface area contributed by atoms with Gasteiger partial charge in [-0.05, 0) is 62.4 Å². The van der Waals surface area contributed by atoms with Gasteiger partial charge in [-0.15, -0.1) is 11.3 Å². The third kappa shape index (κ3) is 5.10. The van der Waals surface area contributed by atoms with E-state index in [9.17, 15) is 18.0 Å². The van der Waals surface area contributed by atoms with E-state index in [0.717, 1.165) is 46.0 Å². The van der Waals surface area contributed by atoms with Gasteiger partial charge in [-0.3, -0.25) is 9.10 Å². The summed E-state index contributed by atoms with van der Waals surface area (Å²) in [7, 11) is -1.38. The summed E-state index contributed by atoms with van der Waals surface area (Å²) in [6.45, 7) is 1.35. The number of anilines is 2. The molecule has 0 saturated carbocycles. The van der Waals surface area contributed by atoms with E-state index in [2.05, 4.69) is 5.32 Å². The predicted octanol–water partition coefficient (Wildman–Crippen LogP) is 4.56. The molecule has 0 bridgehead atoms. The number of nitrogens with zero attached hydrogens (tertiary/aromatic N) is 1. The average Bonchev–Trinajstić information content (AvgIpc) is 3.24. The van der Waals surface area contributed by atoms with Gasteiger partial charge in [0, 0.05) is 4.88 Å². The maximum Gasteiger partial charge on any atom is 0.341 e. The number of fused-ring (bicyclic) bond motifs is 1. The number of aryl methyl sites for hydroxylation is 2. The summed E-state index contributed by atoms with van der Waals surface area (Å²) >= 11 is 1.34. The number of carbonyl (C=O) groups is 2. The van der Waals surface area contributed by atoms with Crippen molar-refractivity contribution < 1.29 is 27.5 Å². The molecule has 8 nitrogen and oxygen atoms in total. The normalized spacial score (nSPS) is 13.0. The molecule has 3 aromatic rings. The minimum Gasteiger partial charge on any atom is -0.495 e. The van der Waals surface area contributed by atoms with Crippen LogP contribution in [0.1, 0.15) is 39.2 Å². The second-order valence-electron chi connectivity index (χ2n) is 8.45. The maximum atomic E-state index is 13.7. The third-order valence-corrected chi connectivity index (χ3v) is 9.05. The SMILES string of the molecule is COC(=O)c1c(NC(=O)CN(c2ccccc2OC)S(=O)(=O)c2ccc(C)cc2)sc2c1CCCC2. The number of hydrogen-bond acceptors (Lipinski definition) is 7. The van der Waals surface area contributed by atoms with Crippen molar-refractivity contribution >= 4 is 43.9 Å². The van der Waals surface area contributed by atoms with Crippen molar-refractivity contribution in [3.05, 3.63) is 70.1 Å². The van der Waals surface area contributed by atoms with Gasteiger partial charge in [-0.1, -0.05) is 29.8 Å². The summed E-state index contributed by atoms with van der Waals surface area (Å²) in [5, 5.41) is 3.17. The highest BCUT2D eigenvalue weighted by Crippen LogP contribution is 2.39. The molecule has 1 aliphatic carbocycles. The zero-order valence-corrected chi connectivity index (χ0v) is 22.0. The molecular weight excluding hydrogens is 500 g/mol. The first kappa shape index (κ1) is 25.7. The van der Waals surface area contributed by atoms with Crippen molar-refractivity contribution in [1.82, 2.24) is 0 Å². The van der Waals surface area contributed by atoms with E-state index in [-0.39, 0.29) is 10.6 Å². The second-order valence-corrected chi connectivity index (χ2v) is 11.4. The van der Waals surface area contributed by atoms with Crippen molar-refractivity contribution in [2.24, 2.45) is 0 Å². The van der Waals surface area contributed by atoms with E-state index in [4.69, 9.17) is 9.47 Å². The Morgan fingerprint density at radius 3 is 2.42 bits per heavy atom. The molecule has 0 fully saturated rings. The van der Waals surface area contributed by atoms with E-state index < -0.39 is 28.4 Å². The van der Waals surface area contributed by atoms with Gasteiger partial charge >= 0.3 is 5.97 Å². The van der Waals surface area contributed by atoms with Gasteiger partial charge in [0.15, 0.2) is 0 Å². The molecule has 1 heterocycles. The Balaban J connectivity index is 1.71. The quantitative estimate of drug-likeness (QED) is 0.430. The first-order valence-electron chi connectivity index (χ1n) is 11.5. The molecule has 2 aromatic carbocycles. The Bertz CT molecular complexity index is 1380. The minimum absolute atomic E-state index is 0.0497. The molecule has 1 N–H and O–H groups in total. The molecule has 1 aromatic heterocycles. The first-order valence-corrected chi connectivity index (χ1v) is 13.8. The molecule has 0 aliphatic heterocycles. The number of benzene rings is 2. The Morgan fingerprint density at radius 1 is 1.03 bits per heavy atom. The van der Waals surface area contributed by atoms with Crippen molar-refractivity contribution in [3.8, 4) is 5.75 Å². The zero-order valence-electron chi connectivity index (χ0n) is 20.4. The van der Waals surface area contributed by atoms with Crippen LogP contribution in [0.2, 0.25) is 0 Å². The van der Waals surface area contributed by atoms with Crippen LogP contribution in [0.5, 0.6) is 5.75 Å². The third-order valence-electron chi connectivity index (χ3n) is 6.06. The van der Waals surface area contributed by atoms with E-state index in [0.29, 0.717) is 16.3 Å². The second kappa shape index (κ2) is 10.7. The van der Waals surface area contributed by atoms with Crippen molar-refractivity contribution in [3.63, 3.8) is 0 Å². The van der Waals surface area contributed by atoms with Gasteiger partial charge in [-0.25, -0.2) is 13.2 Å². The summed E-state index contributed by atoms with van der Waals surface area (Å²) in [6, 6.07) is 13.0. The lowest BCUT2D eigenvalue weighted by Gasteiger charge is -2.25. The monoisotopic (exact) mass is 528 g/mol. The van der Waals surface area contributed by atoms with Crippen LogP contribution in [-0.2, 0) is 32.4 Å². The number of para-hydroxylation sites is 2. The fraction of sp³-hybridized carbons (Fsp3) is 0.308. The standard InChI is InChI=1S/C26H28N2O6S2/c1-17-12-14-18(15-13-17)36(31,32)28(20-9-5-6-10-21(20)33-2)16-23(29)27-25-24(26(30)34-3)19-8-4-7-11-22(19)35-25/h5-6,9-10,12-15H,4,7-8,11,16H2,1-3H3,(H,27,29). The number of amides is 1. The summed E-state index contributed by atoms with van der Waals surface area (Å²) in [5.74, 6) is -0.790. The molecule has 0 atom stereocenters. The van der Waals surface area contributed by atoms with Crippen LogP contribution in [0.25, 0.3) is 0 Å². The largest absolute Gasteiger partial charge is 0.495 e. The van der Waals surface area contributed by atoms with Crippen LogP contribution in [0.15, 0.2) is 53.4 Å². The lowest BCUT2D eigenvalue weighted by Crippen LogP contribution is -2.38. The first-order chi connectivity index (χ1) is 17.3. The van der Waals surface area contributed by atoms with E-state index in [1.165, 1.54) is 37.7 Å². The Kier molecular flexibility index (Phi) is 7.65. The van der Waals surface area contributed by atoms with Crippen LogP contribution in [0.3, 0.4) is 0 Å². The van der Waals surface area contributed by atoms with Gasteiger partial charge < -0.3 is 14.8 Å². The Morgan fingerprint density at radius 2 is 1.72 bits per heavy atom. The van der Waals surface area contributed by atoms with E-state index >= 15 is 0 Å². The summed E-state index contributed by atoms with van der Waals surface area (Å²) in [4.78, 5) is 27.0. The number of hydrogen-bond donors (Lipinski definition) is 1.